The second-order valence-electron chi connectivity index (χ2n) is 9.58. The summed E-state index contributed by atoms with van der Waals surface area (Å²) in [6, 6.07) is 10.7. The van der Waals surface area contributed by atoms with Gasteiger partial charge in [-0.1, -0.05) is 13.8 Å². The van der Waals surface area contributed by atoms with E-state index in [4.69, 9.17) is 10.7 Å². The quantitative estimate of drug-likeness (QED) is 0.496. The molecule has 7 heteroatoms. The zero-order chi connectivity index (χ0) is 23.3. The Bertz CT molecular complexity index is 1350. The SMILES string of the molecule is Cc1c(-c2cc3ccc(F)cc3n2CC(C)C)nc2cc(C(=O)N3CCC[C@@H](N)C3)ccn12. The summed E-state index contributed by atoms with van der Waals surface area (Å²) >= 11 is 0. The highest BCUT2D eigenvalue weighted by Crippen LogP contribution is 2.32. The molecule has 1 aromatic carbocycles. The van der Waals surface area contributed by atoms with Gasteiger partial charge in [0.05, 0.1) is 11.2 Å². The number of hydrogen-bond donors (Lipinski definition) is 1. The molecule has 4 aromatic rings. The van der Waals surface area contributed by atoms with Crippen molar-refractivity contribution in [3.8, 4) is 11.4 Å². The van der Waals surface area contributed by atoms with Crippen LogP contribution in [0.4, 0.5) is 4.39 Å². The molecule has 1 aliphatic heterocycles. The number of aryl methyl sites for hydroxylation is 1. The third-order valence-corrected chi connectivity index (χ3v) is 6.51. The number of amides is 1. The Hall–Kier alpha value is -3.19. The van der Waals surface area contributed by atoms with Gasteiger partial charge in [-0.3, -0.25) is 4.79 Å². The van der Waals surface area contributed by atoms with Crippen LogP contribution >= 0.6 is 0 Å². The summed E-state index contributed by atoms with van der Waals surface area (Å²) in [5, 5.41) is 0.987. The lowest BCUT2D eigenvalue weighted by atomic mass is 10.1. The molecule has 0 spiro atoms. The van der Waals surface area contributed by atoms with E-state index in [0.29, 0.717) is 18.0 Å². The number of piperidine rings is 1. The predicted octanol–water partition coefficient (Wildman–Crippen LogP) is 4.62. The van der Waals surface area contributed by atoms with Gasteiger partial charge < -0.3 is 19.6 Å². The maximum Gasteiger partial charge on any atom is 0.254 e. The number of pyridine rings is 1. The van der Waals surface area contributed by atoms with E-state index in [2.05, 4.69) is 24.5 Å². The van der Waals surface area contributed by atoms with Crippen LogP contribution in [0.5, 0.6) is 0 Å². The molecule has 6 nitrogen and oxygen atoms in total. The zero-order valence-corrected chi connectivity index (χ0v) is 19.4. The highest BCUT2D eigenvalue weighted by molar-refractivity contribution is 5.95. The summed E-state index contributed by atoms with van der Waals surface area (Å²) in [5.74, 6) is 0.142. The van der Waals surface area contributed by atoms with Gasteiger partial charge in [-0.25, -0.2) is 9.37 Å². The maximum atomic E-state index is 14.0. The van der Waals surface area contributed by atoms with Gasteiger partial charge >= 0.3 is 0 Å². The summed E-state index contributed by atoms with van der Waals surface area (Å²) < 4.78 is 18.2. The van der Waals surface area contributed by atoms with Gasteiger partial charge in [0.25, 0.3) is 5.91 Å². The monoisotopic (exact) mass is 447 g/mol. The van der Waals surface area contributed by atoms with Crippen molar-refractivity contribution >= 4 is 22.5 Å². The van der Waals surface area contributed by atoms with Crippen molar-refractivity contribution in [3.63, 3.8) is 0 Å². The van der Waals surface area contributed by atoms with Gasteiger partial charge in [0.1, 0.15) is 17.2 Å². The highest BCUT2D eigenvalue weighted by Gasteiger charge is 2.24. The Kier molecular flexibility index (Phi) is 5.44. The van der Waals surface area contributed by atoms with Crippen LogP contribution in [-0.2, 0) is 6.54 Å². The fraction of sp³-hybridized carbons (Fsp3) is 0.385. The van der Waals surface area contributed by atoms with Crippen molar-refractivity contribution < 1.29 is 9.18 Å². The van der Waals surface area contributed by atoms with Crippen molar-refractivity contribution in [2.45, 2.75) is 46.2 Å². The van der Waals surface area contributed by atoms with Gasteiger partial charge in [0.15, 0.2) is 0 Å². The fourth-order valence-corrected chi connectivity index (χ4v) is 4.91. The average Bonchev–Trinajstić information content (AvgIpc) is 3.29. The Labute approximate surface area is 192 Å². The Morgan fingerprint density at radius 3 is 2.82 bits per heavy atom. The molecule has 3 aromatic heterocycles. The molecule has 1 fully saturated rings. The largest absolute Gasteiger partial charge is 0.339 e. The first-order valence-electron chi connectivity index (χ1n) is 11.6. The van der Waals surface area contributed by atoms with Crippen molar-refractivity contribution in [2.24, 2.45) is 11.7 Å². The first kappa shape index (κ1) is 21.6. The molecule has 1 aliphatic rings. The number of aromatic nitrogens is 3. The number of hydrogen-bond acceptors (Lipinski definition) is 3. The molecule has 1 saturated heterocycles. The van der Waals surface area contributed by atoms with E-state index in [9.17, 15) is 9.18 Å². The minimum Gasteiger partial charge on any atom is -0.339 e. The molecule has 2 N–H and O–H groups in total. The highest BCUT2D eigenvalue weighted by atomic mass is 19.1. The molecular formula is C26H30FN5O. The standard InChI is InChI=1S/C26H30FN5O/c1-16(2)14-32-22-13-20(27)7-6-18(22)11-23(32)25-17(3)31-10-8-19(12-24(31)29-25)26(33)30-9-4-5-21(28)15-30/h6-8,10-13,16,21H,4-5,9,14-15,28H2,1-3H3/t21-/m1/s1. The van der Waals surface area contributed by atoms with E-state index in [1.807, 2.05) is 40.6 Å². The van der Waals surface area contributed by atoms with Gasteiger partial charge in [-0.2, -0.15) is 0 Å². The number of halogens is 1. The van der Waals surface area contributed by atoms with E-state index < -0.39 is 0 Å². The Balaban J connectivity index is 1.59. The molecule has 0 unspecified atom stereocenters. The number of fused-ring (bicyclic) bond motifs is 2. The molecule has 5 rings (SSSR count). The molecule has 0 aliphatic carbocycles. The number of carbonyl (C=O) groups is 1. The van der Waals surface area contributed by atoms with Crippen molar-refractivity contribution in [3.05, 3.63) is 59.7 Å². The van der Waals surface area contributed by atoms with Crippen LogP contribution in [0, 0.1) is 18.7 Å². The molecule has 0 radical (unpaired) electrons. The third-order valence-electron chi connectivity index (χ3n) is 6.51. The number of carbonyl (C=O) groups excluding carboxylic acids is 1. The van der Waals surface area contributed by atoms with Crippen molar-refractivity contribution in [1.82, 2.24) is 18.9 Å². The average molecular weight is 448 g/mol. The summed E-state index contributed by atoms with van der Waals surface area (Å²) in [5.41, 5.74) is 11.1. The van der Waals surface area contributed by atoms with E-state index in [0.717, 1.165) is 59.6 Å². The van der Waals surface area contributed by atoms with E-state index in [1.165, 1.54) is 6.07 Å². The van der Waals surface area contributed by atoms with E-state index >= 15 is 0 Å². The summed E-state index contributed by atoms with van der Waals surface area (Å²) in [6.07, 6.45) is 3.80. The van der Waals surface area contributed by atoms with Crippen molar-refractivity contribution in [2.75, 3.05) is 13.1 Å². The zero-order valence-electron chi connectivity index (χ0n) is 19.4. The first-order chi connectivity index (χ1) is 15.8. The first-order valence-corrected chi connectivity index (χ1v) is 11.6. The number of nitrogens with two attached hydrogens (primary N) is 1. The second kappa shape index (κ2) is 8.30. The van der Waals surface area contributed by atoms with Gasteiger partial charge in [-0.05, 0) is 62.1 Å². The lowest BCUT2D eigenvalue weighted by Gasteiger charge is -2.30. The van der Waals surface area contributed by atoms with Crippen LogP contribution in [0.2, 0.25) is 0 Å². The normalized spacial score (nSPS) is 16.9. The van der Waals surface area contributed by atoms with Crippen LogP contribution in [0.15, 0.2) is 42.6 Å². The summed E-state index contributed by atoms with van der Waals surface area (Å²) in [4.78, 5) is 19.8. The molecule has 4 heterocycles. The predicted molar refractivity (Wildman–Crippen MR) is 129 cm³/mol. The lowest BCUT2D eigenvalue weighted by molar-refractivity contribution is 0.0709. The summed E-state index contributed by atoms with van der Waals surface area (Å²) in [7, 11) is 0. The van der Waals surface area contributed by atoms with Gasteiger partial charge in [-0.15, -0.1) is 0 Å². The van der Waals surface area contributed by atoms with Crippen LogP contribution in [0.1, 0.15) is 42.7 Å². The molecular weight excluding hydrogens is 417 g/mol. The van der Waals surface area contributed by atoms with Crippen LogP contribution < -0.4 is 5.73 Å². The fourth-order valence-electron chi connectivity index (χ4n) is 4.91. The van der Waals surface area contributed by atoms with Crippen LogP contribution in [-0.4, -0.2) is 43.9 Å². The topological polar surface area (TPSA) is 68.6 Å². The summed E-state index contributed by atoms with van der Waals surface area (Å²) in [6.45, 7) is 8.41. The third kappa shape index (κ3) is 3.91. The number of likely N-dealkylation sites (tertiary alicyclic amines) is 1. The molecule has 33 heavy (non-hydrogen) atoms. The minimum absolute atomic E-state index is 0.000695. The Morgan fingerprint density at radius 2 is 2.06 bits per heavy atom. The lowest BCUT2D eigenvalue weighted by Crippen LogP contribution is -2.45. The molecule has 0 bridgehead atoms. The van der Waals surface area contributed by atoms with Gasteiger partial charge in [0, 0.05) is 48.5 Å². The number of imidazole rings is 1. The second-order valence-corrected chi connectivity index (χ2v) is 9.58. The van der Waals surface area contributed by atoms with Gasteiger partial charge in [0.2, 0.25) is 0 Å². The Morgan fingerprint density at radius 1 is 1.24 bits per heavy atom. The van der Waals surface area contributed by atoms with Crippen molar-refractivity contribution in [1.29, 1.82) is 0 Å². The minimum atomic E-state index is -0.246. The van der Waals surface area contributed by atoms with Crippen LogP contribution in [0.25, 0.3) is 27.9 Å². The molecule has 1 atom stereocenters. The number of benzene rings is 1. The van der Waals surface area contributed by atoms with Crippen LogP contribution in [0.3, 0.4) is 0 Å². The smallest absolute Gasteiger partial charge is 0.254 e. The molecule has 0 saturated carbocycles. The van der Waals surface area contributed by atoms with E-state index in [1.54, 1.807) is 6.07 Å². The molecule has 172 valence electrons. The number of rotatable bonds is 4. The number of nitrogens with zero attached hydrogens (tertiary/aromatic N) is 4. The molecule has 1 amide bonds. The van der Waals surface area contributed by atoms with E-state index in [-0.39, 0.29) is 17.8 Å². The maximum absolute atomic E-state index is 14.0.